The van der Waals surface area contributed by atoms with Gasteiger partial charge in [-0.1, -0.05) is 238 Å². The third-order valence-corrected chi connectivity index (χ3v) is 17.1. The van der Waals surface area contributed by atoms with Gasteiger partial charge in [0.05, 0.1) is 16.4 Å². The fourth-order valence-corrected chi connectivity index (χ4v) is 13.4. The van der Waals surface area contributed by atoms with Gasteiger partial charge in [-0.3, -0.25) is 0 Å². The predicted molar refractivity (Wildman–Crippen MR) is 327 cm³/mol. The lowest BCUT2D eigenvalue weighted by molar-refractivity contribution is 0.660. The number of nitrogens with zero attached hydrogens (tertiary/aromatic N) is 2. The molecule has 0 amide bonds. The Morgan fingerprint density at radius 3 is 1.32 bits per heavy atom. The first-order chi connectivity index (χ1) is 38.4. The Hall–Kier alpha value is -9.76. The van der Waals surface area contributed by atoms with Crippen LogP contribution in [0.15, 0.2) is 291 Å². The molecule has 2 aliphatic rings. The zero-order valence-corrected chi connectivity index (χ0v) is 43.6. The fraction of sp³-hybridized carbons (Fsp3) is 0.0526. The van der Waals surface area contributed by atoms with Gasteiger partial charge in [-0.25, -0.2) is 0 Å². The average Bonchev–Trinajstić information content (AvgIpc) is 4.31. The number of anilines is 3. The molecular formula is C76H54N2. The standard InChI is InChI=1S/C76H54N2/c1-75(2)71-48-56(55-32-30-52(31-33-55)51-18-6-3-7-19-51)38-45-64(71)65-46-43-62(50-72(65)75)77(59-39-34-53(35-40-59)54-36-41-60(42-37-54)78-73-28-16-13-25-66(73)67-26-14-17-29-74(67)78)61-44-47-70-68(49-61)63-24-12-15-27-69(63)76(70,57-20-8-4-9-21-57)58-22-10-5-11-23-58/h3-50H,1-2H3. The summed E-state index contributed by atoms with van der Waals surface area (Å²) < 4.78 is 2.38. The molecule has 1 aromatic heterocycles. The number of fused-ring (bicyclic) bond motifs is 9. The maximum Gasteiger partial charge on any atom is 0.0713 e. The second-order valence-corrected chi connectivity index (χ2v) is 21.6. The summed E-state index contributed by atoms with van der Waals surface area (Å²) >= 11 is 0. The Bertz CT molecular complexity index is 4320. The Morgan fingerprint density at radius 1 is 0.282 bits per heavy atom. The van der Waals surface area contributed by atoms with E-state index in [0.717, 1.165) is 22.7 Å². The minimum absolute atomic E-state index is 0.247. The summed E-state index contributed by atoms with van der Waals surface area (Å²) in [6.07, 6.45) is 0. The van der Waals surface area contributed by atoms with Crippen LogP contribution >= 0.6 is 0 Å². The van der Waals surface area contributed by atoms with Crippen molar-refractivity contribution in [1.29, 1.82) is 0 Å². The largest absolute Gasteiger partial charge is 0.310 e. The molecule has 0 radical (unpaired) electrons. The van der Waals surface area contributed by atoms with E-state index in [2.05, 4.69) is 315 Å². The second kappa shape index (κ2) is 17.9. The van der Waals surface area contributed by atoms with E-state index in [1.165, 1.54) is 111 Å². The van der Waals surface area contributed by atoms with E-state index < -0.39 is 5.41 Å². The van der Waals surface area contributed by atoms with Crippen LogP contribution in [0, 0.1) is 0 Å². The molecule has 0 bridgehead atoms. The van der Waals surface area contributed by atoms with E-state index in [0.29, 0.717) is 0 Å². The van der Waals surface area contributed by atoms with Gasteiger partial charge in [0.2, 0.25) is 0 Å². The second-order valence-electron chi connectivity index (χ2n) is 21.6. The SMILES string of the molecule is CC1(C)c2cc(-c3ccc(-c4ccccc4)cc3)ccc2-c2ccc(N(c3ccc(-c4ccc(-n5c6ccccc6c6ccccc65)cc4)cc3)c3ccc4c(c3)-c3ccccc3C4(c3ccccc3)c3ccccc3)cc21. The van der Waals surface area contributed by atoms with Crippen molar-refractivity contribution in [3.63, 3.8) is 0 Å². The highest BCUT2D eigenvalue weighted by atomic mass is 15.1. The minimum atomic E-state index is -0.483. The molecule has 0 atom stereocenters. The van der Waals surface area contributed by atoms with Crippen molar-refractivity contribution < 1.29 is 0 Å². The van der Waals surface area contributed by atoms with E-state index in [1.807, 2.05) is 0 Å². The van der Waals surface area contributed by atoms with Gasteiger partial charge in [0.25, 0.3) is 0 Å². The van der Waals surface area contributed by atoms with Gasteiger partial charge in [-0.2, -0.15) is 0 Å². The lowest BCUT2D eigenvalue weighted by Gasteiger charge is -2.34. The zero-order valence-electron chi connectivity index (χ0n) is 43.6. The van der Waals surface area contributed by atoms with Crippen molar-refractivity contribution in [2.75, 3.05) is 4.90 Å². The van der Waals surface area contributed by atoms with Crippen LogP contribution in [0.3, 0.4) is 0 Å². The van der Waals surface area contributed by atoms with Gasteiger partial charge in [0.1, 0.15) is 0 Å². The Morgan fingerprint density at radius 2 is 0.692 bits per heavy atom. The maximum atomic E-state index is 2.47. The lowest BCUT2D eigenvalue weighted by atomic mass is 9.68. The first kappa shape index (κ1) is 45.6. The molecular weight excluding hydrogens is 941 g/mol. The van der Waals surface area contributed by atoms with E-state index in [1.54, 1.807) is 0 Å². The normalized spacial score (nSPS) is 13.5. The summed E-state index contributed by atoms with van der Waals surface area (Å²) in [6.45, 7) is 4.79. The van der Waals surface area contributed by atoms with Gasteiger partial charge >= 0.3 is 0 Å². The molecule has 2 nitrogen and oxygen atoms in total. The zero-order chi connectivity index (χ0) is 52.0. The third kappa shape index (κ3) is 7.03. The van der Waals surface area contributed by atoms with E-state index in [9.17, 15) is 0 Å². The van der Waals surface area contributed by atoms with E-state index in [-0.39, 0.29) is 5.41 Å². The molecule has 0 N–H and O–H groups in total. The summed E-state index contributed by atoms with van der Waals surface area (Å²) in [5.41, 5.74) is 26.3. The molecule has 0 aliphatic heterocycles. The van der Waals surface area contributed by atoms with Gasteiger partial charge in [0.15, 0.2) is 0 Å². The number of para-hydroxylation sites is 2. The van der Waals surface area contributed by atoms with E-state index in [4.69, 9.17) is 0 Å². The molecule has 368 valence electrons. The summed E-state index contributed by atoms with van der Waals surface area (Å²) in [7, 11) is 0. The van der Waals surface area contributed by atoms with Crippen molar-refractivity contribution in [3.8, 4) is 61.3 Å². The number of benzene rings is 12. The topological polar surface area (TPSA) is 8.17 Å². The van der Waals surface area contributed by atoms with Gasteiger partial charge < -0.3 is 9.47 Å². The number of hydrogen-bond donors (Lipinski definition) is 0. The quantitative estimate of drug-likeness (QED) is 0.140. The summed E-state index contributed by atoms with van der Waals surface area (Å²) in [4.78, 5) is 2.47. The van der Waals surface area contributed by atoms with Crippen molar-refractivity contribution in [2.24, 2.45) is 0 Å². The molecule has 0 spiro atoms. The number of aromatic nitrogens is 1. The molecule has 78 heavy (non-hydrogen) atoms. The molecule has 0 saturated heterocycles. The molecule has 0 fully saturated rings. The first-order valence-corrected chi connectivity index (χ1v) is 27.2. The minimum Gasteiger partial charge on any atom is -0.310 e. The number of hydrogen-bond acceptors (Lipinski definition) is 1. The predicted octanol–water partition coefficient (Wildman–Crippen LogP) is 19.9. The lowest BCUT2D eigenvalue weighted by Crippen LogP contribution is -2.28. The summed E-state index contributed by atoms with van der Waals surface area (Å²) in [5.74, 6) is 0. The molecule has 0 unspecified atom stereocenters. The molecule has 1 heterocycles. The molecule has 12 aromatic carbocycles. The highest BCUT2D eigenvalue weighted by Gasteiger charge is 2.46. The first-order valence-electron chi connectivity index (χ1n) is 27.2. The van der Waals surface area contributed by atoms with Crippen LogP contribution < -0.4 is 4.90 Å². The van der Waals surface area contributed by atoms with Crippen LogP contribution in [0.2, 0.25) is 0 Å². The molecule has 2 aliphatic carbocycles. The van der Waals surface area contributed by atoms with E-state index >= 15 is 0 Å². The van der Waals surface area contributed by atoms with Crippen molar-refractivity contribution in [3.05, 3.63) is 325 Å². The maximum absolute atomic E-state index is 2.47. The Labute approximate surface area is 456 Å². The smallest absolute Gasteiger partial charge is 0.0713 e. The Balaban J connectivity index is 0.844. The van der Waals surface area contributed by atoms with Gasteiger partial charge in [-0.05, 0) is 156 Å². The summed E-state index contributed by atoms with van der Waals surface area (Å²) in [6, 6.07) is 108. The Kier molecular flexibility index (Phi) is 10.5. The fourth-order valence-electron chi connectivity index (χ4n) is 13.4. The third-order valence-electron chi connectivity index (χ3n) is 17.1. The molecule has 0 saturated carbocycles. The van der Waals surface area contributed by atoms with Crippen LogP contribution in [0.1, 0.15) is 47.2 Å². The van der Waals surface area contributed by atoms with Crippen LogP contribution in [0.25, 0.3) is 83.1 Å². The van der Waals surface area contributed by atoms with Gasteiger partial charge in [-0.15, -0.1) is 0 Å². The average molecular weight is 995 g/mol. The highest BCUT2D eigenvalue weighted by molar-refractivity contribution is 6.09. The van der Waals surface area contributed by atoms with Crippen molar-refractivity contribution >= 4 is 38.9 Å². The highest BCUT2D eigenvalue weighted by Crippen LogP contribution is 2.58. The van der Waals surface area contributed by atoms with Crippen LogP contribution in [-0.4, -0.2) is 4.57 Å². The molecule has 2 heteroatoms. The van der Waals surface area contributed by atoms with Gasteiger partial charge in [0, 0.05) is 38.9 Å². The monoisotopic (exact) mass is 994 g/mol. The number of rotatable bonds is 9. The molecule has 15 rings (SSSR count). The molecule has 13 aromatic rings. The van der Waals surface area contributed by atoms with Crippen molar-refractivity contribution in [1.82, 2.24) is 4.57 Å². The van der Waals surface area contributed by atoms with Crippen LogP contribution in [0.5, 0.6) is 0 Å². The summed E-state index contributed by atoms with van der Waals surface area (Å²) in [5, 5.41) is 2.53. The van der Waals surface area contributed by atoms with Crippen molar-refractivity contribution in [2.45, 2.75) is 24.7 Å². The van der Waals surface area contributed by atoms with Crippen LogP contribution in [-0.2, 0) is 10.8 Å². The van der Waals surface area contributed by atoms with Crippen LogP contribution in [0.4, 0.5) is 17.1 Å².